The van der Waals surface area contributed by atoms with Crippen LogP contribution in [-0.4, -0.2) is 47.5 Å². The summed E-state index contributed by atoms with van der Waals surface area (Å²) in [7, 11) is 0. The number of para-hydroxylation sites is 1. The Hall–Kier alpha value is -1.52. The van der Waals surface area contributed by atoms with E-state index in [1.807, 2.05) is 18.3 Å². The van der Waals surface area contributed by atoms with Gasteiger partial charge in [-0.3, -0.25) is 9.88 Å². The van der Waals surface area contributed by atoms with Crippen molar-refractivity contribution in [2.75, 3.05) is 32.7 Å². The van der Waals surface area contributed by atoms with Gasteiger partial charge in [0, 0.05) is 60.5 Å². The lowest BCUT2D eigenvalue weighted by atomic mass is 9.95. The van der Waals surface area contributed by atoms with E-state index < -0.39 is 0 Å². The van der Waals surface area contributed by atoms with Crippen LogP contribution in [-0.2, 0) is 0 Å². The lowest BCUT2D eigenvalue weighted by Gasteiger charge is -2.39. The molecule has 0 atom stereocenters. The Morgan fingerprint density at radius 2 is 1.88 bits per heavy atom. The van der Waals surface area contributed by atoms with E-state index in [1.165, 1.54) is 5.56 Å². The second-order valence-corrected chi connectivity index (χ2v) is 8.28. The fourth-order valence-electron chi connectivity index (χ4n) is 3.43. The van der Waals surface area contributed by atoms with Gasteiger partial charge in [-0.1, -0.05) is 39.5 Å². The summed E-state index contributed by atoms with van der Waals surface area (Å²) in [5.74, 6) is 0. The molecule has 1 aliphatic rings. The monoisotopic (exact) mass is 341 g/mol. The normalized spacial score (nSPS) is 16.6. The van der Waals surface area contributed by atoms with Crippen LogP contribution in [0.3, 0.4) is 0 Å². The van der Waals surface area contributed by atoms with Gasteiger partial charge < -0.3 is 4.90 Å². The molecule has 1 fully saturated rings. The van der Waals surface area contributed by atoms with Crippen LogP contribution in [0.15, 0.2) is 41.9 Å². The average Bonchev–Trinajstić information content (AvgIpc) is 2.53. The molecular weight excluding hydrogens is 314 g/mol. The maximum absolute atomic E-state index is 4.53. The Kier molecular flexibility index (Phi) is 4.88. The zero-order chi connectivity index (χ0) is 17.3. The van der Waals surface area contributed by atoms with Gasteiger partial charge in [0.25, 0.3) is 0 Å². The lowest BCUT2D eigenvalue weighted by molar-refractivity contribution is 0.132. The molecule has 0 saturated carbocycles. The van der Waals surface area contributed by atoms with E-state index in [4.69, 9.17) is 0 Å². The van der Waals surface area contributed by atoms with Crippen molar-refractivity contribution in [1.82, 2.24) is 14.8 Å². The van der Waals surface area contributed by atoms with Crippen molar-refractivity contribution < 1.29 is 0 Å². The minimum Gasteiger partial charge on any atom is -0.369 e. The predicted molar refractivity (Wildman–Crippen MR) is 105 cm³/mol. The quantitative estimate of drug-likeness (QED) is 0.846. The standard InChI is InChI=1S/C20H27N3S/c1-15(23-12-10-22(11-13-23)14-20(2,3)4)16-8-9-21-19-17(16)6-5-7-18(19)24/h5-9,24H,1,10-14H2,2-4H3. The van der Waals surface area contributed by atoms with E-state index in [0.717, 1.165) is 54.2 Å². The van der Waals surface area contributed by atoms with Gasteiger partial charge >= 0.3 is 0 Å². The predicted octanol–water partition coefficient (Wildman–Crippen LogP) is 4.16. The molecular formula is C20H27N3S. The number of thiol groups is 1. The third-order valence-electron chi connectivity index (χ3n) is 4.51. The smallest absolute Gasteiger partial charge is 0.0841 e. The van der Waals surface area contributed by atoms with Crippen molar-refractivity contribution in [1.29, 1.82) is 0 Å². The van der Waals surface area contributed by atoms with Crippen LogP contribution in [0.1, 0.15) is 26.3 Å². The van der Waals surface area contributed by atoms with Gasteiger partial charge in [-0.15, -0.1) is 12.6 Å². The Morgan fingerprint density at radius 3 is 2.54 bits per heavy atom. The lowest BCUT2D eigenvalue weighted by Crippen LogP contribution is -2.47. The fourth-order valence-corrected chi connectivity index (χ4v) is 3.69. The second kappa shape index (κ2) is 6.77. The topological polar surface area (TPSA) is 19.4 Å². The summed E-state index contributed by atoms with van der Waals surface area (Å²) in [4.78, 5) is 10.3. The molecule has 24 heavy (non-hydrogen) atoms. The van der Waals surface area contributed by atoms with Crippen LogP contribution in [0, 0.1) is 5.41 Å². The van der Waals surface area contributed by atoms with Crippen molar-refractivity contribution in [2.24, 2.45) is 5.41 Å². The number of fused-ring (bicyclic) bond motifs is 1. The Morgan fingerprint density at radius 1 is 1.17 bits per heavy atom. The summed E-state index contributed by atoms with van der Waals surface area (Å²) >= 11 is 4.53. The van der Waals surface area contributed by atoms with Crippen LogP contribution in [0.5, 0.6) is 0 Å². The van der Waals surface area contributed by atoms with Crippen LogP contribution in [0.25, 0.3) is 16.6 Å². The molecule has 0 amide bonds. The molecule has 1 aromatic carbocycles. The van der Waals surface area contributed by atoms with Gasteiger partial charge in [0.1, 0.15) is 0 Å². The number of piperazine rings is 1. The number of nitrogens with zero attached hydrogens (tertiary/aromatic N) is 3. The fraction of sp³-hybridized carbons (Fsp3) is 0.450. The maximum atomic E-state index is 4.53. The van der Waals surface area contributed by atoms with Crippen molar-refractivity contribution in [3.8, 4) is 0 Å². The molecule has 0 radical (unpaired) electrons. The largest absolute Gasteiger partial charge is 0.369 e. The molecule has 1 saturated heterocycles. The first-order chi connectivity index (χ1) is 11.3. The Labute approximate surface area is 150 Å². The highest BCUT2D eigenvalue weighted by molar-refractivity contribution is 7.80. The van der Waals surface area contributed by atoms with E-state index >= 15 is 0 Å². The van der Waals surface area contributed by atoms with Crippen molar-refractivity contribution in [2.45, 2.75) is 25.7 Å². The van der Waals surface area contributed by atoms with Gasteiger partial charge in [-0.25, -0.2) is 0 Å². The number of hydrogen-bond donors (Lipinski definition) is 1. The summed E-state index contributed by atoms with van der Waals surface area (Å²) in [5, 5.41) is 1.13. The highest BCUT2D eigenvalue weighted by Gasteiger charge is 2.23. The molecule has 3 nitrogen and oxygen atoms in total. The van der Waals surface area contributed by atoms with Crippen molar-refractivity contribution in [3.05, 3.63) is 42.6 Å². The highest BCUT2D eigenvalue weighted by Crippen LogP contribution is 2.29. The number of rotatable bonds is 3. The summed E-state index contributed by atoms with van der Waals surface area (Å²) in [6.07, 6.45) is 1.86. The van der Waals surface area contributed by atoms with Gasteiger partial charge in [0.05, 0.1) is 5.52 Å². The zero-order valence-corrected chi connectivity index (χ0v) is 15.8. The zero-order valence-electron chi connectivity index (χ0n) is 14.9. The number of aromatic nitrogens is 1. The maximum Gasteiger partial charge on any atom is 0.0841 e. The van der Waals surface area contributed by atoms with E-state index in [0.29, 0.717) is 5.41 Å². The molecule has 0 unspecified atom stereocenters. The number of pyridine rings is 1. The number of hydrogen-bond acceptors (Lipinski definition) is 4. The molecule has 1 aromatic heterocycles. The first-order valence-corrected chi connectivity index (χ1v) is 9.03. The molecule has 2 heterocycles. The highest BCUT2D eigenvalue weighted by atomic mass is 32.1. The van der Waals surface area contributed by atoms with Crippen LogP contribution < -0.4 is 0 Å². The molecule has 0 aliphatic carbocycles. The second-order valence-electron chi connectivity index (χ2n) is 7.80. The molecule has 1 aliphatic heterocycles. The Balaban J connectivity index is 1.76. The molecule has 3 rings (SSSR count). The average molecular weight is 342 g/mol. The molecule has 2 aromatic rings. The third kappa shape index (κ3) is 3.76. The SMILES string of the molecule is C=C(c1ccnc2c(S)cccc12)N1CCN(CC(C)(C)C)CC1. The van der Waals surface area contributed by atoms with Gasteiger partial charge in [-0.2, -0.15) is 0 Å². The van der Waals surface area contributed by atoms with Crippen LogP contribution in [0.2, 0.25) is 0 Å². The summed E-state index contributed by atoms with van der Waals surface area (Å²) < 4.78 is 0. The van der Waals surface area contributed by atoms with Crippen LogP contribution >= 0.6 is 12.6 Å². The number of benzene rings is 1. The molecule has 4 heteroatoms. The summed E-state index contributed by atoms with van der Waals surface area (Å²) in [6, 6.07) is 8.19. The summed E-state index contributed by atoms with van der Waals surface area (Å²) in [5.41, 5.74) is 3.56. The van der Waals surface area contributed by atoms with Crippen molar-refractivity contribution in [3.63, 3.8) is 0 Å². The van der Waals surface area contributed by atoms with Gasteiger partial charge in [0.15, 0.2) is 0 Å². The van der Waals surface area contributed by atoms with E-state index in [2.05, 4.69) is 66.9 Å². The first kappa shape index (κ1) is 17.3. The van der Waals surface area contributed by atoms with Gasteiger partial charge in [0.2, 0.25) is 0 Å². The Bertz CT molecular complexity index is 740. The molecule has 128 valence electrons. The summed E-state index contributed by atoms with van der Waals surface area (Å²) in [6.45, 7) is 16.7. The van der Waals surface area contributed by atoms with E-state index in [-0.39, 0.29) is 0 Å². The molecule has 0 bridgehead atoms. The van der Waals surface area contributed by atoms with Crippen LogP contribution in [0.4, 0.5) is 0 Å². The third-order valence-corrected chi connectivity index (χ3v) is 4.87. The minimum absolute atomic E-state index is 0.351. The van der Waals surface area contributed by atoms with E-state index in [1.54, 1.807) is 0 Å². The van der Waals surface area contributed by atoms with Crippen molar-refractivity contribution >= 4 is 29.2 Å². The minimum atomic E-state index is 0.351. The van der Waals surface area contributed by atoms with E-state index in [9.17, 15) is 0 Å². The van der Waals surface area contributed by atoms with Gasteiger partial charge in [-0.05, 0) is 17.5 Å². The molecule has 0 N–H and O–H groups in total. The molecule has 0 spiro atoms. The first-order valence-electron chi connectivity index (χ1n) is 8.58.